The van der Waals surface area contributed by atoms with Crippen molar-refractivity contribution in [2.24, 2.45) is 0 Å². The standard InChI is InChI=1S/C20H21N3O3S/c24-17(19-7-4-12-27-19)14-22-8-10-23(11-9-22)20(25)16-13-18(26-21-16)15-5-2-1-3-6-15/h1-7,12-13,17,24H,8-11,14H2/t17-/m0/s1. The molecule has 1 atom stereocenters. The van der Waals surface area contributed by atoms with Crippen molar-refractivity contribution in [3.05, 3.63) is 64.5 Å². The molecule has 0 spiro atoms. The highest BCUT2D eigenvalue weighted by Gasteiger charge is 2.26. The lowest BCUT2D eigenvalue weighted by molar-refractivity contribution is 0.0525. The number of aliphatic hydroxyl groups excluding tert-OH is 1. The van der Waals surface area contributed by atoms with E-state index in [9.17, 15) is 9.90 Å². The van der Waals surface area contributed by atoms with E-state index in [1.54, 1.807) is 22.3 Å². The fourth-order valence-corrected chi connectivity index (χ4v) is 3.93. The fourth-order valence-electron chi connectivity index (χ4n) is 3.23. The number of hydrogen-bond acceptors (Lipinski definition) is 6. The zero-order chi connectivity index (χ0) is 18.6. The summed E-state index contributed by atoms with van der Waals surface area (Å²) in [5, 5.41) is 16.2. The summed E-state index contributed by atoms with van der Waals surface area (Å²) >= 11 is 1.56. The van der Waals surface area contributed by atoms with Crippen molar-refractivity contribution in [1.82, 2.24) is 15.0 Å². The maximum absolute atomic E-state index is 12.7. The number of rotatable bonds is 5. The minimum Gasteiger partial charge on any atom is -0.386 e. The van der Waals surface area contributed by atoms with Gasteiger partial charge in [0.2, 0.25) is 0 Å². The molecular formula is C20H21N3O3S. The van der Waals surface area contributed by atoms with Crippen LogP contribution in [0, 0.1) is 0 Å². The minimum absolute atomic E-state index is 0.112. The van der Waals surface area contributed by atoms with Gasteiger partial charge in [-0.25, -0.2) is 0 Å². The first-order valence-electron chi connectivity index (χ1n) is 8.96. The quantitative estimate of drug-likeness (QED) is 0.734. The van der Waals surface area contributed by atoms with Gasteiger partial charge in [-0.2, -0.15) is 0 Å². The van der Waals surface area contributed by atoms with Crippen LogP contribution in [0.2, 0.25) is 0 Å². The van der Waals surface area contributed by atoms with Gasteiger partial charge in [-0.15, -0.1) is 11.3 Å². The Morgan fingerprint density at radius 3 is 2.63 bits per heavy atom. The molecule has 0 saturated carbocycles. The Bertz CT molecular complexity index is 871. The van der Waals surface area contributed by atoms with Crippen LogP contribution in [0.1, 0.15) is 21.5 Å². The Hall–Kier alpha value is -2.48. The molecule has 0 aliphatic carbocycles. The van der Waals surface area contributed by atoms with Gasteiger partial charge in [-0.3, -0.25) is 9.69 Å². The summed E-state index contributed by atoms with van der Waals surface area (Å²) in [4.78, 5) is 17.7. The monoisotopic (exact) mass is 383 g/mol. The molecule has 3 heterocycles. The Balaban J connectivity index is 1.33. The molecule has 0 unspecified atom stereocenters. The third-order valence-electron chi connectivity index (χ3n) is 4.75. The molecule has 3 aromatic rings. The summed E-state index contributed by atoms with van der Waals surface area (Å²) in [6, 6.07) is 15.2. The summed E-state index contributed by atoms with van der Waals surface area (Å²) in [6.45, 7) is 3.28. The van der Waals surface area contributed by atoms with Gasteiger partial charge in [-0.05, 0) is 11.4 Å². The second-order valence-electron chi connectivity index (χ2n) is 6.57. The Morgan fingerprint density at radius 1 is 1.15 bits per heavy atom. The van der Waals surface area contributed by atoms with Gasteiger partial charge in [0.1, 0.15) is 6.10 Å². The molecule has 1 N–H and O–H groups in total. The number of aromatic nitrogens is 1. The molecular weight excluding hydrogens is 362 g/mol. The third-order valence-corrected chi connectivity index (χ3v) is 5.72. The number of nitrogens with zero attached hydrogens (tertiary/aromatic N) is 3. The van der Waals surface area contributed by atoms with E-state index in [0.717, 1.165) is 23.5 Å². The van der Waals surface area contributed by atoms with Crippen LogP contribution in [0.4, 0.5) is 0 Å². The fraction of sp³-hybridized carbons (Fsp3) is 0.300. The van der Waals surface area contributed by atoms with E-state index in [-0.39, 0.29) is 5.91 Å². The van der Waals surface area contributed by atoms with Crippen molar-refractivity contribution in [3.63, 3.8) is 0 Å². The molecule has 0 radical (unpaired) electrons. The van der Waals surface area contributed by atoms with E-state index < -0.39 is 6.10 Å². The predicted molar refractivity (Wildman–Crippen MR) is 104 cm³/mol. The van der Waals surface area contributed by atoms with Crippen molar-refractivity contribution in [2.45, 2.75) is 6.10 Å². The number of β-amino-alcohol motifs (C(OH)–C–C–N with tert-alkyl or cyclic N) is 1. The molecule has 1 aromatic carbocycles. The first kappa shape index (κ1) is 17.9. The molecule has 4 rings (SSSR count). The van der Waals surface area contributed by atoms with Gasteiger partial charge >= 0.3 is 0 Å². The van der Waals surface area contributed by atoms with Gasteiger partial charge in [0.25, 0.3) is 5.91 Å². The topological polar surface area (TPSA) is 69.8 Å². The zero-order valence-electron chi connectivity index (χ0n) is 14.8. The predicted octanol–water partition coefficient (Wildman–Crippen LogP) is 2.89. The SMILES string of the molecule is O=C(c1cc(-c2ccccc2)on1)N1CCN(C[C@H](O)c2cccs2)CC1. The first-order valence-corrected chi connectivity index (χ1v) is 9.84. The average Bonchev–Trinajstić information content (AvgIpc) is 3.41. The molecule has 1 amide bonds. The number of carbonyl (C=O) groups excluding carboxylic acids is 1. The Morgan fingerprint density at radius 2 is 1.93 bits per heavy atom. The highest BCUT2D eigenvalue weighted by Crippen LogP contribution is 2.22. The Kier molecular flexibility index (Phi) is 5.33. The molecule has 1 aliphatic rings. The van der Waals surface area contributed by atoms with E-state index >= 15 is 0 Å². The van der Waals surface area contributed by atoms with E-state index in [2.05, 4.69) is 10.1 Å². The smallest absolute Gasteiger partial charge is 0.276 e. The van der Waals surface area contributed by atoms with Crippen LogP contribution in [0.15, 0.2) is 58.4 Å². The number of carbonyl (C=O) groups is 1. The normalized spacial score (nSPS) is 16.4. The maximum atomic E-state index is 12.7. The third kappa shape index (κ3) is 4.10. The van der Waals surface area contributed by atoms with Crippen molar-refractivity contribution in [3.8, 4) is 11.3 Å². The average molecular weight is 383 g/mol. The van der Waals surface area contributed by atoms with Crippen molar-refractivity contribution < 1.29 is 14.4 Å². The van der Waals surface area contributed by atoms with Crippen LogP contribution in [-0.4, -0.2) is 58.7 Å². The van der Waals surface area contributed by atoms with Crippen LogP contribution in [0.3, 0.4) is 0 Å². The van der Waals surface area contributed by atoms with E-state index in [4.69, 9.17) is 4.52 Å². The second kappa shape index (κ2) is 8.04. The van der Waals surface area contributed by atoms with Gasteiger partial charge in [0.15, 0.2) is 11.5 Å². The number of benzene rings is 1. The maximum Gasteiger partial charge on any atom is 0.276 e. The summed E-state index contributed by atoms with van der Waals surface area (Å²) in [5.74, 6) is 0.482. The van der Waals surface area contributed by atoms with Crippen LogP contribution >= 0.6 is 11.3 Å². The van der Waals surface area contributed by atoms with Crippen molar-refractivity contribution in [1.29, 1.82) is 0 Å². The number of aliphatic hydroxyl groups is 1. The minimum atomic E-state index is -0.476. The largest absolute Gasteiger partial charge is 0.386 e. The van der Waals surface area contributed by atoms with E-state index in [1.807, 2.05) is 47.8 Å². The molecule has 27 heavy (non-hydrogen) atoms. The molecule has 0 bridgehead atoms. The van der Waals surface area contributed by atoms with E-state index in [1.165, 1.54) is 0 Å². The second-order valence-corrected chi connectivity index (χ2v) is 7.55. The number of amides is 1. The Labute approximate surface area is 161 Å². The first-order chi connectivity index (χ1) is 13.2. The molecule has 140 valence electrons. The van der Waals surface area contributed by atoms with Crippen LogP contribution in [-0.2, 0) is 0 Å². The van der Waals surface area contributed by atoms with Crippen molar-refractivity contribution >= 4 is 17.2 Å². The molecule has 1 aliphatic heterocycles. The molecule has 1 saturated heterocycles. The number of hydrogen-bond donors (Lipinski definition) is 1. The number of piperazine rings is 1. The van der Waals surface area contributed by atoms with E-state index in [0.29, 0.717) is 31.1 Å². The van der Waals surface area contributed by atoms with Crippen molar-refractivity contribution in [2.75, 3.05) is 32.7 Å². The summed E-state index contributed by atoms with van der Waals surface area (Å²) in [7, 11) is 0. The molecule has 7 heteroatoms. The lowest BCUT2D eigenvalue weighted by Gasteiger charge is -2.35. The van der Waals surface area contributed by atoms with Gasteiger partial charge < -0.3 is 14.5 Å². The van der Waals surface area contributed by atoms with Gasteiger partial charge in [-0.1, -0.05) is 41.6 Å². The highest BCUT2D eigenvalue weighted by atomic mass is 32.1. The van der Waals surface area contributed by atoms with Gasteiger partial charge in [0.05, 0.1) is 0 Å². The highest BCUT2D eigenvalue weighted by molar-refractivity contribution is 7.10. The van der Waals surface area contributed by atoms with Crippen LogP contribution in [0.5, 0.6) is 0 Å². The van der Waals surface area contributed by atoms with Crippen LogP contribution in [0.25, 0.3) is 11.3 Å². The molecule has 2 aromatic heterocycles. The zero-order valence-corrected chi connectivity index (χ0v) is 15.6. The lowest BCUT2D eigenvalue weighted by Crippen LogP contribution is -2.49. The summed E-state index contributed by atoms with van der Waals surface area (Å²) < 4.78 is 5.34. The molecule has 6 nitrogen and oxygen atoms in total. The lowest BCUT2D eigenvalue weighted by atomic mass is 10.1. The summed E-state index contributed by atoms with van der Waals surface area (Å²) in [5.41, 5.74) is 1.23. The molecule has 1 fully saturated rings. The summed E-state index contributed by atoms with van der Waals surface area (Å²) in [6.07, 6.45) is -0.476. The number of thiophene rings is 1. The van der Waals surface area contributed by atoms with Crippen LogP contribution < -0.4 is 0 Å². The van der Waals surface area contributed by atoms with Gasteiger partial charge in [0, 0.05) is 49.2 Å².